The normalized spacial score (nSPS) is 21.5. The van der Waals surface area contributed by atoms with Crippen LogP contribution < -0.4 is 0 Å². The smallest absolute Gasteiger partial charge is 0.164 e. The fraction of sp³-hybridized carbons (Fsp3) is 0.500. The Bertz CT molecular complexity index is 74.6. The molecule has 1 aliphatic heterocycles. The Morgan fingerprint density at radius 2 is 2.00 bits per heavy atom. The van der Waals surface area contributed by atoms with Crippen LogP contribution in [0.15, 0.2) is 12.7 Å². The molecule has 0 saturated carbocycles. The molecular weight excluding hydrogens is 106 g/mol. The van der Waals surface area contributed by atoms with Crippen molar-refractivity contribution in [1.29, 1.82) is 0 Å². The minimum absolute atomic E-state index is 0.132. The molecule has 1 saturated heterocycles. The summed E-state index contributed by atoms with van der Waals surface area (Å²) in [7, 11) is 0. The van der Waals surface area contributed by atoms with Gasteiger partial charge in [-0.05, 0) is 0 Å². The van der Waals surface area contributed by atoms with Gasteiger partial charge < -0.3 is 9.47 Å². The number of hydrogen-bond donors (Lipinski definition) is 0. The van der Waals surface area contributed by atoms with E-state index in [0.717, 1.165) is 0 Å². The van der Waals surface area contributed by atoms with Crippen LogP contribution >= 0.6 is 0 Å². The van der Waals surface area contributed by atoms with E-state index in [4.69, 9.17) is 9.47 Å². The van der Waals surface area contributed by atoms with Crippen molar-refractivity contribution in [2.75, 3.05) is 13.2 Å². The maximum Gasteiger partial charge on any atom is 0.164 e. The highest BCUT2D eigenvalue weighted by molar-refractivity contribution is 4.90. The van der Waals surface area contributed by atoms with Crippen LogP contribution in [0, 0.1) is 6.42 Å². The molecule has 0 aromatic rings. The van der Waals surface area contributed by atoms with Crippen molar-refractivity contribution in [1.82, 2.24) is 0 Å². The Morgan fingerprint density at radius 1 is 1.38 bits per heavy atom. The van der Waals surface area contributed by atoms with Crippen LogP contribution in [0.25, 0.3) is 0 Å². The first kappa shape index (κ1) is 5.79. The van der Waals surface area contributed by atoms with E-state index in [9.17, 15) is 0 Å². The molecule has 0 N–H and O–H groups in total. The maximum atomic E-state index is 5.04. The second-order valence-electron chi connectivity index (χ2n) is 1.54. The third-order valence-corrected chi connectivity index (χ3v) is 0.941. The summed E-state index contributed by atoms with van der Waals surface area (Å²) in [6.07, 6.45) is 3.33. The van der Waals surface area contributed by atoms with Crippen LogP contribution in [-0.4, -0.2) is 19.5 Å². The molecule has 1 fully saturated rings. The standard InChI is InChI=1S/C6H9O2/c1-2-3-6-7-4-5-8-6/h2-3,6H,1,4-5H2/i6+2. The zero-order chi connectivity index (χ0) is 5.82. The first-order valence-corrected chi connectivity index (χ1v) is 2.62. The highest BCUT2D eigenvalue weighted by Gasteiger charge is 2.12. The molecule has 0 amide bonds. The minimum Gasteiger partial charge on any atom is -0.350 e. The fourth-order valence-corrected chi connectivity index (χ4v) is 0.599. The first-order valence-electron chi connectivity index (χ1n) is 2.62. The predicted molar refractivity (Wildman–Crippen MR) is 30.2 cm³/mol. The van der Waals surface area contributed by atoms with Crippen molar-refractivity contribution in [3.8, 4) is 0 Å². The molecule has 0 aliphatic carbocycles. The molecule has 1 radical (unpaired) electrons. The molecule has 8 heavy (non-hydrogen) atoms. The zero-order valence-electron chi connectivity index (χ0n) is 4.67. The second kappa shape index (κ2) is 2.84. The summed E-state index contributed by atoms with van der Waals surface area (Å²) in [4.78, 5) is 0. The van der Waals surface area contributed by atoms with Crippen LogP contribution in [0.2, 0.25) is 0 Å². The molecule has 2 heteroatoms. The largest absolute Gasteiger partial charge is 0.350 e. The quantitative estimate of drug-likeness (QED) is 0.528. The summed E-state index contributed by atoms with van der Waals surface area (Å²) in [5.41, 5.74) is 0. The highest BCUT2D eigenvalue weighted by Crippen LogP contribution is 2.05. The number of rotatable bonds is 2. The van der Waals surface area contributed by atoms with Crippen LogP contribution in [0.4, 0.5) is 0 Å². The third-order valence-electron chi connectivity index (χ3n) is 0.941. The average molecular weight is 115 g/mol. The Kier molecular flexibility index (Phi) is 2.06. The number of ether oxygens (including phenoxy) is 2. The lowest BCUT2D eigenvalue weighted by Crippen LogP contribution is -2.05. The van der Waals surface area contributed by atoms with Crippen LogP contribution in [-0.2, 0) is 9.47 Å². The fourth-order valence-electron chi connectivity index (χ4n) is 0.599. The van der Waals surface area contributed by atoms with E-state index >= 15 is 0 Å². The molecule has 0 spiro atoms. The molecule has 0 bridgehead atoms. The van der Waals surface area contributed by atoms with Crippen LogP contribution in [0.1, 0.15) is 0 Å². The van der Waals surface area contributed by atoms with Gasteiger partial charge in [0.25, 0.3) is 0 Å². The number of hydrogen-bond acceptors (Lipinski definition) is 2. The molecule has 0 unspecified atom stereocenters. The lowest BCUT2D eigenvalue weighted by atomic mass is 10.7. The topological polar surface area (TPSA) is 18.5 Å². The van der Waals surface area contributed by atoms with Gasteiger partial charge in [0.15, 0.2) is 6.29 Å². The summed E-state index contributed by atoms with van der Waals surface area (Å²) in [6, 6.07) is 0. The van der Waals surface area contributed by atoms with Crippen molar-refractivity contribution in [2.45, 2.75) is 6.29 Å². The van der Waals surface area contributed by atoms with E-state index in [-0.39, 0.29) is 6.29 Å². The Labute approximate surface area is 49.1 Å². The molecule has 0 aromatic carbocycles. The van der Waals surface area contributed by atoms with Gasteiger partial charge in [0.2, 0.25) is 0 Å². The van der Waals surface area contributed by atoms with Crippen LogP contribution in [0.5, 0.6) is 0 Å². The van der Waals surface area contributed by atoms with Crippen molar-refractivity contribution in [3.63, 3.8) is 0 Å². The molecule has 45 valence electrons. The summed E-state index contributed by atoms with van der Waals surface area (Å²) >= 11 is 0. The molecular formula is C6H9O2. The van der Waals surface area contributed by atoms with Crippen molar-refractivity contribution < 1.29 is 9.47 Å². The van der Waals surface area contributed by atoms with Crippen molar-refractivity contribution in [3.05, 3.63) is 19.1 Å². The third kappa shape index (κ3) is 1.32. The summed E-state index contributed by atoms with van der Waals surface area (Å²) < 4.78 is 10.1. The molecule has 1 rings (SSSR count). The van der Waals surface area contributed by atoms with Crippen LogP contribution in [0.3, 0.4) is 0 Å². The summed E-state index contributed by atoms with van der Waals surface area (Å²) in [5.74, 6) is 0. The van der Waals surface area contributed by atoms with Crippen molar-refractivity contribution in [2.24, 2.45) is 0 Å². The van der Waals surface area contributed by atoms with E-state index in [1.165, 1.54) is 0 Å². The van der Waals surface area contributed by atoms with Gasteiger partial charge in [-0.1, -0.05) is 6.08 Å². The van der Waals surface area contributed by atoms with Gasteiger partial charge in [-0.3, -0.25) is 0 Å². The Morgan fingerprint density at radius 3 is 2.50 bits per heavy atom. The minimum atomic E-state index is -0.132. The Balaban J connectivity index is 2.14. The lowest BCUT2D eigenvalue weighted by Gasteiger charge is -2.01. The second-order valence-corrected chi connectivity index (χ2v) is 1.54. The van der Waals surface area contributed by atoms with Gasteiger partial charge in [-0.2, -0.15) is 0 Å². The maximum absolute atomic E-state index is 5.04. The van der Waals surface area contributed by atoms with Gasteiger partial charge in [0.05, 0.1) is 13.2 Å². The summed E-state index contributed by atoms with van der Waals surface area (Å²) in [5, 5.41) is 0. The van der Waals surface area contributed by atoms with Gasteiger partial charge in [0.1, 0.15) is 0 Å². The zero-order valence-corrected chi connectivity index (χ0v) is 4.67. The SMILES string of the molecule is C=C[CH][14CH]1OCCO1. The van der Waals surface area contributed by atoms with E-state index in [0.29, 0.717) is 13.2 Å². The molecule has 0 atom stereocenters. The van der Waals surface area contributed by atoms with E-state index in [1.807, 2.05) is 0 Å². The van der Waals surface area contributed by atoms with E-state index in [1.54, 1.807) is 12.5 Å². The molecule has 2 nitrogen and oxygen atoms in total. The predicted octanol–water partition coefficient (Wildman–Crippen LogP) is 0.750. The first-order chi connectivity index (χ1) is 3.93. The highest BCUT2D eigenvalue weighted by atomic mass is 17.0. The van der Waals surface area contributed by atoms with E-state index < -0.39 is 0 Å². The summed E-state index contributed by atoms with van der Waals surface area (Å²) in [6.45, 7) is 4.92. The van der Waals surface area contributed by atoms with E-state index in [2.05, 4.69) is 6.58 Å². The van der Waals surface area contributed by atoms with Gasteiger partial charge in [-0.25, -0.2) is 0 Å². The molecule has 0 aromatic heterocycles. The molecule has 1 heterocycles. The van der Waals surface area contributed by atoms with Gasteiger partial charge in [0, 0.05) is 6.42 Å². The monoisotopic (exact) mass is 115 g/mol. The van der Waals surface area contributed by atoms with Crippen molar-refractivity contribution >= 4 is 0 Å². The average Bonchev–Trinajstić information content (AvgIpc) is 2.19. The lowest BCUT2D eigenvalue weighted by molar-refractivity contribution is -0.0112. The van der Waals surface area contributed by atoms with Gasteiger partial charge in [-0.15, -0.1) is 6.58 Å². The van der Waals surface area contributed by atoms with Gasteiger partial charge >= 0.3 is 0 Å². The Hall–Kier alpha value is -0.340. The molecule has 1 aliphatic rings.